The molecule has 0 radical (unpaired) electrons. The number of carbonyl (C=O) groups is 1. The van der Waals surface area contributed by atoms with E-state index in [1.54, 1.807) is 24.3 Å². The standard InChI is InChI=1S/C8H8O3.C4H10/c9-6-11-5-7-1-3-8(10)4-2-7;1-4(2)3/h1-4,6,10H,5H2;4H,1-3H3. The van der Waals surface area contributed by atoms with Gasteiger partial charge in [0.1, 0.15) is 12.4 Å². The Bertz CT molecular complexity index is 262. The van der Waals surface area contributed by atoms with Crippen molar-refractivity contribution in [2.45, 2.75) is 27.4 Å². The van der Waals surface area contributed by atoms with Crippen LogP contribution in [-0.4, -0.2) is 11.6 Å². The van der Waals surface area contributed by atoms with Gasteiger partial charge < -0.3 is 9.84 Å². The molecule has 0 unspecified atom stereocenters. The van der Waals surface area contributed by atoms with E-state index in [9.17, 15) is 4.79 Å². The average molecular weight is 210 g/mol. The number of rotatable bonds is 3. The van der Waals surface area contributed by atoms with Gasteiger partial charge in [0, 0.05) is 0 Å². The predicted molar refractivity (Wildman–Crippen MR) is 59.5 cm³/mol. The number of benzene rings is 1. The maximum Gasteiger partial charge on any atom is 0.293 e. The van der Waals surface area contributed by atoms with Crippen LogP contribution in [0.15, 0.2) is 24.3 Å². The van der Waals surface area contributed by atoms with E-state index in [2.05, 4.69) is 25.5 Å². The van der Waals surface area contributed by atoms with Gasteiger partial charge in [0.05, 0.1) is 0 Å². The van der Waals surface area contributed by atoms with Gasteiger partial charge in [-0.3, -0.25) is 4.79 Å². The molecule has 84 valence electrons. The van der Waals surface area contributed by atoms with Crippen molar-refractivity contribution in [1.82, 2.24) is 0 Å². The van der Waals surface area contributed by atoms with Gasteiger partial charge >= 0.3 is 0 Å². The van der Waals surface area contributed by atoms with Crippen molar-refractivity contribution >= 4 is 6.47 Å². The maximum atomic E-state index is 9.77. The van der Waals surface area contributed by atoms with Crippen molar-refractivity contribution in [3.8, 4) is 5.75 Å². The molecule has 0 aromatic heterocycles. The Labute approximate surface area is 90.7 Å². The first-order valence-electron chi connectivity index (χ1n) is 4.89. The highest BCUT2D eigenvalue weighted by molar-refractivity contribution is 5.37. The van der Waals surface area contributed by atoms with Crippen molar-refractivity contribution in [2.24, 2.45) is 5.92 Å². The number of carbonyl (C=O) groups excluding carboxylic acids is 1. The molecule has 0 aliphatic heterocycles. The minimum Gasteiger partial charge on any atom is -0.508 e. The average Bonchev–Trinajstić information content (AvgIpc) is 2.16. The quantitative estimate of drug-likeness (QED) is 0.780. The molecule has 0 bridgehead atoms. The maximum absolute atomic E-state index is 9.77. The minimum atomic E-state index is 0.208. The molecule has 3 heteroatoms. The number of hydrogen-bond donors (Lipinski definition) is 1. The molecule has 0 amide bonds. The third kappa shape index (κ3) is 8.81. The highest BCUT2D eigenvalue weighted by Gasteiger charge is 1.91. The third-order valence-corrected chi connectivity index (χ3v) is 1.25. The van der Waals surface area contributed by atoms with E-state index >= 15 is 0 Å². The summed E-state index contributed by atoms with van der Waals surface area (Å²) in [6.07, 6.45) is 0. The largest absolute Gasteiger partial charge is 0.508 e. The van der Waals surface area contributed by atoms with E-state index in [0.29, 0.717) is 6.47 Å². The summed E-state index contributed by atoms with van der Waals surface area (Å²) in [5.41, 5.74) is 0.856. The minimum absolute atomic E-state index is 0.208. The summed E-state index contributed by atoms with van der Waals surface area (Å²) < 4.78 is 4.50. The highest BCUT2D eigenvalue weighted by atomic mass is 16.5. The van der Waals surface area contributed by atoms with Crippen molar-refractivity contribution < 1.29 is 14.6 Å². The molecule has 0 atom stereocenters. The van der Waals surface area contributed by atoms with Gasteiger partial charge in [-0.05, 0) is 23.6 Å². The number of hydrogen-bond acceptors (Lipinski definition) is 3. The summed E-state index contributed by atoms with van der Waals surface area (Å²) in [5, 5.41) is 8.87. The summed E-state index contributed by atoms with van der Waals surface area (Å²) in [4.78, 5) is 9.77. The third-order valence-electron chi connectivity index (χ3n) is 1.25. The molecule has 0 fully saturated rings. The molecule has 15 heavy (non-hydrogen) atoms. The van der Waals surface area contributed by atoms with Gasteiger partial charge in [0.15, 0.2) is 0 Å². The van der Waals surface area contributed by atoms with Crippen LogP contribution >= 0.6 is 0 Å². The Kier molecular flexibility index (Phi) is 7.06. The summed E-state index contributed by atoms with van der Waals surface area (Å²) in [6.45, 7) is 7.15. The van der Waals surface area contributed by atoms with Crippen LogP contribution in [0.3, 0.4) is 0 Å². The summed E-state index contributed by atoms with van der Waals surface area (Å²) in [6, 6.07) is 6.48. The topological polar surface area (TPSA) is 46.5 Å². The normalized spacial score (nSPS) is 9.07. The second-order valence-electron chi connectivity index (χ2n) is 3.81. The van der Waals surface area contributed by atoms with Crippen LogP contribution in [0.5, 0.6) is 5.75 Å². The van der Waals surface area contributed by atoms with Gasteiger partial charge in [-0.15, -0.1) is 0 Å². The lowest BCUT2D eigenvalue weighted by Gasteiger charge is -1.97. The summed E-state index contributed by atoms with van der Waals surface area (Å²) >= 11 is 0. The number of ether oxygens (including phenoxy) is 1. The Hall–Kier alpha value is -1.51. The van der Waals surface area contributed by atoms with Crippen LogP contribution in [0.2, 0.25) is 0 Å². The van der Waals surface area contributed by atoms with Gasteiger partial charge in [-0.2, -0.15) is 0 Å². The van der Waals surface area contributed by atoms with E-state index in [4.69, 9.17) is 5.11 Å². The number of phenolic OH excluding ortho intramolecular Hbond substituents is 1. The van der Waals surface area contributed by atoms with Gasteiger partial charge in [-0.25, -0.2) is 0 Å². The summed E-state index contributed by atoms with van der Waals surface area (Å²) in [5.74, 6) is 1.04. The molecule has 0 saturated heterocycles. The van der Waals surface area contributed by atoms with Crippen molar-refractivity contribution in [3.05, 3.63) is 29.8 Å². The Morgan fingerprint density at radius 1 is 1.27 bits per heavy atom. The molecule has 0 spiro atoms. The molecule has 0 aliphatic rings. The smallest absolute Gasteiger partial charge is 0.293 e. The number of aromatic hydroxyl groups is 1. The zero-order valence-corrected chi connectivity index (χ0v) is 9.43. The van der Waals surface area contributed by atoms with E-state index in [0.717, 1.165) is 11.5 Å². The van der Waals surface area contributed by atoms with Gasteiger partial charge in [0.2, 0.25) is 0 Å². The van der Waals surface area contributed by atoms with Crippen LogP contribution < -0.4 is 0 Å². The van der Waals surface area contributed by atoms with Gasteiger partial charge in [0.25, 0.3) is 6.47 Å². The van der Waals surface area contributed by atoms with Crippen LogP contribution in [0.1, 0.15) is 26.3 Å². The first-order chi connectivity index (χ1) is 7.06. The first-order valence-corrected chi connectivity index (χ1v) is 4.89. The van der Waals surface area contributed by atoms with E-state index < -0.39 is 0 Å². The molecular formula is C12H18O3. The van der Waals surface area contributed by atoms with Crippen LogP contribution in [0.4, 0.5) is 0 Å². The molecule has 1 N–H and O–H groups in total. The lowest BCUT2D eigenvalue weighted by Crippen LogP contribution is -1.88. The van der Waals surface area contributed by atoms with Crippen molar-refractivity contribution in [2.75, 3.05) is 0 Å². The SMILES string of the molecule is CC(C)C.O=COCc1ccc(O)cc1. The Morgan fingerprint density at radius 2 is 1.73 bits per heavy atom. The molecule has 0 aliphatic carbocycles. The van der Waals surface area contributed by atoms with Crippen LogP contribution in [0, 0.1) is 5.92 Å². The molecular weight excluding hydrogens is 192 g/mol. The fraction of sp³-hybridized carbons (Fsp3) is 0.417. The lowest BCUT2D eigenvalue weighted by molar-refractivity contribution is -0.129. The zero-order chi connectivity index (χ0) is 11.7. The van der Waals surface area contributed by atoms with E-state index in [1.807, 2.05) is 0 Å². The zero-order valence-electron chi connectivity index (χ0n) is 9.43. The number of phenols is 1. The fourth-order valence-electron chi connectivity index (χ4n) is 0.722. The second kappa shape index (κ2) is 7.85. The van der Waals surface area contributed by atoms with Crippen LogP contribution in [0.25, 0.3) is 0 Å². The monoisotopic (exact) mass is 210 g/mol. The van der Waals surface area contributed by atoms with Gasteiger partial charge in [-0.1, -0.05) is 32.9 Å². The second-order valence-corrected chi connectivity index (χ2v) is 3.81. The van der Waals surface area contributed by atoms with Crippen LogP contribution in [-0.2, 0) is 16.1 Å². The van der Waals surface area contributed by atoms with Crippen molar-refractivity contribution in [1.29, 1.82) is 0 Å². The molecule has 1 rings (SSSR count). The molecule has 1 aromatic carbocycles. The van der Waals surface area contributed by atoms with Crippen molar-refractivity contribution in [3.63, 3.8) is 0 Å². The Morgan fingerprint density at radius 3 is 2.13 bits per heavy atom. The molecule has 1 aromatic rings. The molecule has 3 nitrogen and oxygen atoms in total. The first kappa shape index (κ1) is 13.5. The fourth-order valence-corrected chi connectivity index (χ4v) is 0.722. The molecule has 0 heterocycles. The van der Waals surface area contributed by atoms with E-state index in [1.165, 1.54) is 0 Å². The lowest BCUT2D eigenvalue weighted by atomic mass is 10.2. The summed E-state index contributed by atoms with van der Waals surface area (Å²) in [7, 11) is 0. The molecule has 0 saturated carbocycles. The Balaban J connectivity index is 0.000000423. The van der Waals surface area contributed by atoms with E-state index in [-0.39, 0.29) is 12.4 Å². The highest BCUT2D eigenvalue weighted by Crippen LogP contribution is 2.09. The predicted octanol–water partition coefficient (Wildman–Crippen LogP) is 2.73.